The van der Waals surface area contributed by atoms with Gasteiger partial charge in [0.2, 0.25) is 0 Å². The van der Waals surface area contributed by atoms with Crippen molar-refractivity contribution in [3.8, 4) is 5.75 Å². The van der Waals surface area contributed by atoms with Gasteiger partial charge in [0, 0.05) is 22.3 Å². The molecule has 0 radical (unpaired) electrons. The minimum atomic E-state index is -1.45. The number of nitrogens with zero attached hydrogens (tertiary/aromatic N) is 4. The number of aliphatic hydroxyl groups is 1. The minimum Gasteiger partial charge on any atom is -0.543 e. The Bertz CT molecular complexity index is 2220. The highest BCUT2D eigenvalue weighted by molar-refractivity contribution is 8.00. The van der Waals surface area contributed by atoms with Crippen LogP contribution in [0.25, 0.3) is 0 Å². The monoisotopic (exact) mass is 818 g/mol. The molecule has 15 heteroatoms. The van der Waals surface area contributed by atoms with Crippen LogP contribution in [0, 0.1) is 0 Å². The summed E-state index contributed by atoms with van der Waals surface area (Å²) < 4.78 is 5.51. The van der Waals surface area contributed by atoms with Crippen LogP contribution in [0.1, 0.15) is 27.9 Å². The Kier molecular flexibility index (Phi) is 12.0. The van der Waals surface area contributed by atoms with Crippen molar-refractivity contribution < 1.29 is 38.7 Å². The zero-order chi connectivity index (χ0) is 40.9. The Labute approximate surface area is 344 Å². The zero-order valence-electron chi connectivity index (χ0n) is 32.0. The maximum atomic E-state index is 13.9. The number of fused-ring (bicyclic) bond motifs is 1. The molecule has 2 aliphatic rings. The maximum absolute atomic E-state index is 13.9. The Morgan fingerprint density at radius 1 is 0.931 bits per heavy atom. The van der Waals surface area contributed by atoms with Crippen molar-refractivity contribution in [1.29, 1.82) is 0 Å². The molecule has 7 rings (SSSR count). The molecule has 5 aromatic rings. The van der Waals surface area contributed by atoms with E-state index >= 15 is 0 Å². The smallest absolute Gasteiger partial charge is 0.276 e. The van der Waals surface area contributed by atoms with E-state index in [1.54, 1.807) is 17.5 Å². The van der Waals surface area contributed by atoms with Crippen molar-refractivity contribution in [2.75, 3.05) is 45.6 Å². The standard InChI is InChI=1S/C43H42N6O7S2/c1-49(2,23-28-19-21-33(22-20-28)56-27-50)24-29-25-57-40-36(39(52)48(40)37(29)41(53)54)45-38(51)35(47-55-3)34-26-58-42(44-34)46-43(30-13-7-4-8-14-30,31-15-9-5-10-16-31)32-17-11-6-12-18-32/h4-22,26,36,40,50H,23-25,27H2,1-3H3,(H2-,44,45,46,51,53,54)/b47-35-. The van der Waals surface area contributed by atoms with Crippen molar-refractivity contribution in [3.63, 3.8) is 0 Å². The molecule has 1 aromatic heterocycles. The number of aromatic nitrogens is 1. The molecular weight excluding hydrogens is 777 g/mol. The van der Waals surface area contributed by atoms with E-state index in [2.05, 4.69) is 52.2 Å². The number of carboxylic acids is 1. The number of likely N-dealkylation sites (N-methyl/N-ethyl adjacent to an activating group) is 1. The topological polar surface area (TPSA) is 166 Å². The molecule has 0 bridgehead atoms. The first-order valence-corrected chi connectivity index (χ1v) is 20.3. The third-order valence-corrected chi connectivity index (χ3v) is 12.1. The molecule has 4 aromatic carbocycles. The number of oxime groups is 1. The Hall–Kier alpha value is -6.00. The van der Waals surface area contributed by atoms with Crippen LogP contribution < -0.4 is 20.5 Å². The number of nitrogens with one attached hydrogen (secondary N) is 2. The number of β-lactam (4-membered cyclic amide) rings is 1. The van der Waals surface area contributed by atoms with Crippen LogP contribution in [0.4, 0.5) is 5.13 Å². The van der Waals surface area contributed by atoms with Crippen molar-refractivity contribution in [2.24, 2.45) is 5.16 Å². The highest BCUT2D eigenvalue weighted by Gasteiger charge is 2.53. The highest BCUT2D eigenvalue weighted by Crippen LogP contribution is 2.42. The van der Waals surface area contributed by atoms with Crippen molar-refractivity contribution in [3.05, 3.63) is 160 Å². The summed E-state index contributed by atoms with van der Waals surface area (Å²) in [6.45, 7) is 0.474. The fourth-order valence-electron chi connectivity index (χ4n) is 7.51. The van der Waals surface area contributed by atoms with Gasteiger partial charge in [0.05, 0.1) is 25.8 Å². The second kappa shape index (κ2) is 17.2. The average molecular weight is 819 g/mol. The van der Waals surface area contributed by atoms with Gasteiger partial charge in [0.15, 0.2) is 17.6 Å². The number of amides is 2. The molecule has 2 amide bonds. The maximum Gasteiger partial charge on any atom is 0.276 e. The Balaban J connectivity index is 1.09. The summed E-state index contributed by atoms with van der Waals surface area (Å²) in [6, 6.07) is 36.4. The molecule has 0 saturated carbocycles. The molecule has 1 saturated heterocycles. The average Bonchev–Trinajstić information content (AvgIpc) is 3.70. The van der Waals surface area contributed by atoms with E-state index in [1.807, 2.05) is 80.8 Å². The Morgan fingerprint density at radius 2 is 1.52 bits per heavy atom. The number of aliphatic hydroxyl groups excluding tert-OH is 1. The van der Waals surface area contributed by atoms with Gasteiger partial charge in [0.1, 0.15) is 48.6 Å². The first kappa shape index (κ1) is 40.2. The van der Waals surface area contributed by atoms with Gasteiger partial charge in [-0.15, -0.1) is 23.1 Å². The van der Waals surface area contributed by atoms with Crippen LogP contribution in [0.2, 0.25) is 0 Å². The lowest BCUT2D eigenvalue weighted by atomic mass is 9.77. The molecule has 0 spiro atoms. The molecule has 13 nitrogen and oxygen atoms in total. The van der Waals surface area contributed by atoms with Crippen LogP contribution in [-0.4, -0.2) is 94.7 Å². The molecule has 3 heterocycles. The molecule has 58 heavy (non-hydrogen) atoms. The number of quaternary nitrogens is 1. The number of hydrogen-bond donors (Lipinski definition) is 3. The second-order valence-corrected chi connectivity index (χ2v) is 16.4. The van der Waals surface area contributed by atoms with Crippen LogP contribution in [-0.2, 0) is 31.3 Å². The molecule has 2 unspecified atom stereocenters. The van der Waals surface area contributed by atoms with Gasteiger partial charge in [-0.1, -0.05) is 96.2 Å². The van der Waals surface area contributed by atoms with Gasteiger partial charge in [-0.3, -0.25) is 14.5 Å². The van der Waals surface area contributed by atoms with E-state index < -0.39 is 41.5 Å². The van der Waals surface area contributed by atoms with Gasteiger partial charge >= 0.3 is 0 Å². The summed E-state index contributed by atoms with van der Waals surface area (Å²) in [6.07, 6.45) is 0. The fourth-order valence-corrected chi connectivity index (χ4v) is 9.60. The summed E-state index contributed by atoms with van der Waals surface area (Å²) in [4.78, 5) is 51.2. The largest absolute Gasteiger partial charge is 0.543 e. The first-order chi connectivity index (χ1) is 28.0. The van der Waals surface area contributed by atoms with Crippen molar-refractivity contribution in [2.45, 2.75) is 23.5 Å². The number of carbonyl (C=O) groups excluding carboxylic acids is 3. The Morgan fingerprint density at radius 3 is 2.05 bits per heavy atom. The van der Waals surface area contributed by atoms with Crippen LogP contribution in [0.3, 0.4) is 0 Å². The van der Waals surface area contributed by atoms with E-state index in [0.717, 1.165) is 22.3 Å². The fraction of sp³-hybridized carbons (Fsp3) is 0.233. The predicted octanol–water partition coefficient (Wildman–Crippen LogP) is 3.91. The second-order valence-electron chi connectivity index (χ2n) is 14.4. The first-order valence-electron chi connectivity index (χ1n) is 18.4. The van der Waals surface area contributed by atoms with Crippen molar-refractivity contribution in [1.82, 2.24) is 15.2 Å². The highest BCUT2D eigenvalue weighted by atomic mass is 32.2. The normalized spacial score (nSPS) is 16.9. The van der Waals surface area contributed by atoms with Gasteiger partial charge in [0.25, 0.3) is 11.8 Å². The third kappa shape index (κ3) is 8.20. The van der Waals surface area contributed by atoms with E-state index in [4.69, 9.17) is 19.7 Å². The summed E-state index contributed by atoms with van der Waals surface area (Å²) in [7, 11) is 5.25. The van der Waals surface area contributed by atoms with Gasteiger partial charge < -0.3 is 39.7 Å². The number of hydrogen-bond acceptors (Lipinski definition) is 12. The summed E-state index contributed by atoms with van der Waals surface area (Å²) in [5, 5.41) is 33.6. The molecule has 2 aliphatic heterocycles. The van der Waals surface area contributed by atoms with Gasteiger partial charge in [-0.25, -0.2) is 4.98 Å². The molecule has 298 valence electrons. The minimum absolute atomic E-state index is 0.144. The lowest BCUT2D eigenvalue weighted by Gasteiger charge is -2.51. The molecule has 3 N–H and O–H groups in total. The number of rotatable bonds is 16. The summed E-state index contributed by atoms with van der Waals surface area (Å²) in [5.74, 6) is -1.86. The third-order valence-electron chi connectivity index (χ3n) is 9.97. The van der Waals surface area contributed by atoms with E-state index in [1.165, 1.54) is 35.1 Å². The van der Waals surface area contributed by atoms with Crippen molar-refractivity contribution >= 4 is 51.7 Å². The molecule has 0 aliphatic carbocycles. The predicted molar refractivity (Wildman–Crippen MR) is 220 cm³/mol. The van der Waals surface area contributed by atoms with E-state index in [0.29, 0.717) is 39.8 Å². The number of thioether (sulfide) groups is 1. The number of carbonyl (C=O) groups is 3. The quantitative estimate of drug-likeness (QED) is 0.0332. The molecule has 2 atom stereocenters. The summed E-state index contributed by atoms with van der Waals surface area (Å²) >= 11 is 2.66. The number of ether oxygens (including phenoxy) is 1. The van der Waals surface area contributed by atoms with E-state index in [9.17, 15) is 19.5 Å². The summed E-state index contributed by atoms with van der Waals surface area (Å²) in [5.41, 5.74) is 3.51. The lowest BCUT2D eigenvalue weighted by molar-refractivity contribution is -0.899. The van der Waals surface area contributed by atoms with E-state index in [-0.39, 0.29) is 17.1 Å². The van der Waals surface area contributed by atoms with Crippen LogP contribution in [0.5, 0.6) is 5.75 Å². The number of thiazole rings is 1. The SMILES string of the molecule is CO/N=C(\C(=O)NC1C(=O)N2C(C(=O)[O-])=C(C[N+](C)(C)Cc3ccc(OCO)cc3)CSC12)c1csc(NC(c2ccccc2)(c2ccccc2)c2ccccc2)n1. The zero-order valence-corrected chi connectivity index (χ0v) is 33.7. The molecular formula is C43H42N6O7S2. The molecule has 1 fully saturated rings. The lowest BCUT2D eigenvalue weighted by Crippen LogP contribution is -2.71. The number of aliphatic carboxylic acids is 1. The number of carboxylic acid groups (broad SMARTS) is 1. The van der Waals surface area contributed by atoms with Crippen LogP contribution >= 0.6 is 23.1 Å². The van der Waals surface area contributed by atoms with Gasteiger partial charge in [-0.05, 0) is 41.0 Å². The number of anilines is 1. The van der Waals surface area contributed by atoms with Gasteiger partial charge in [-0.2, -0.15) is 0 Å². The number of benzene rings is 4. The van der Waals surface area contributed by atoms with Crippen LogP contribution in [0.15, 0.2) is 137 Å².